The quantitative estimate of drug-likeness (QED) is 0.818. The van der Waals surface area contributed by atoms with Crippen LogP contribution in [0.25, 0.3) is 11.4 Å². The molecule has 0 aliphatic heterocycles. The van der Waals surface area contributed by atoms with Gasteiger partial charge in [-0.2, -0.15) is 10.2 Å². The van der Waals surface area contributed by atoms with Crippen molar-refractivity contribution in [1.82, 2.24) is 10.1 Å². The van der Waals surface area contributed by atoms with Crippen LogP contribution in [0.1, 0.15) is 12.8 Å². The van der Waals surface area contributed by atoms with Crippen molar-refractivity contribution in [1.29, 1.82) is 5.26 Å². The van der Waals surface area contributed by atoms with E-state index in [2.05, 4.69) is 10.1 Å². The molecule has 19 heavy (non-hydrogen) atoms. The van der Waals surface area contributed by atoms with Crippen LogP contribution in [0.2, 0.25) is 0 Å². The zero-order valence-corrected chi connectivity index (χ0v) is 10.7. The van der Waals surface area contributed by atoms with Gasteiger partial charge >= 0.3 is 0 Å². The summed E-state index contributed by atoms with van der Waals surface area (Å²) in [7, 11) is 1.57. The van der Waals surface area contributed by atoms with Gasteiger partial charge in [-0.3, -0.25) is 0 Å². The Bertz CT molecular complexity index is 601. The Kier molecular flexibility index (Phi) is 3.98. The first-order valence-electron chi connectivity index (χ1n) is 5.79. The van der Waals surface area contributed by atoms with E-state index >= 15 is 0 Å². The lowest BCUT2D eigenvalue weighted by Gasteiger charge is -2.09. The Morgan fingerprint density at radius 1 is 1.37 bits per heavy atom. The average Bonchev–Trinajstić information content (AvgIpc) is 2.88. The molecular weight excluding hydrogens is 246 g/mol. The molecule has 0 saturated heterocycles. The van der Waals surface area contributed by atoms with Gasteiger partial charge in [-0.25, -0.2) is 0 Å². The fraction of sp³-hybridized carbons (Fsp3) is 0.308. The lowest BCUT2D eigenvalue weighted by molar-refractivity contribution is 0.311. The van der Waals surface area contributed by atoms with Gasteiger partial charge in [-0.15, -0.1) is 0 Å². The third-order valence-corrected chi connectivity index (χ3v) is 2.42. The fourth-order valence-corrected chi connectivity index (χ4v) is 1.59. The van der Waals surface area contributed by atoms with Crippen LogP contribution in [-0.4, -0.2) is 23.9 Å². The van der Waals surface area contributed by atoms with E-state index in [-0.39, 0.29) is 6.42 Å². The van der Waals surface area contributed by atoms with Crippen molar-refractivity contribution < 1.29 is 14.0 Å². The molecule has 0 N–H and O–H groups in total. The van der Waals surface area contributed by atoms with Gasteiger partial charge in [-0.05, 0) is 25.1 Å². The molecule has 0 aliphatic rings. The van der Waals surface area contributed by atoms with Gasteiger partial charge in [-0.1, -0.05) is 5.16 Å². The molecule has 6 heteroatoms. The van der Waals surface area contributed by atoms with E-state index in [9.17, 15) is 0 Å². The maximum atomic E-state index is 8.56. The second-order valence-corrected chi connectivity index (χ2v) is 3.65. The molecule has 1 aromatic heterocycles. The highest BCUT2D eigenvalue weighted by atomic mass is 16.5. The fourth-order valence-electron chi connectivity index (χ4n) is 1.59. The summed E-state index contributed by atoms with van der Waals surface area (Å²) in [5.41, 5.74) is 0.744. The maximum Gasteiger partial charge on any atom is 0.241 e. The topological polar surface area (TPSA) is 81.2 Å². The Hall–Kier alpha value is -2.55. The zero-order valence-electron chi connectivity index (χ0n) is 10.7. The minimum Gasteiger partial charge on any atom is -0.493 e. The molecule has 1 aromatic carbocycles. The van der Waals surface area contributed by atoms with E-state index in [1.54, 1.807) is 19.2 Å². The van der Waals surface area contributed by atoms with Crippen molar-refractivity contribution in [2.45, 2.75) is 13.3 Å². The van der Waals surface area contributed by atoms with Crippen LogP contribution < -0.4 is 9.47 Å². The molecule has 0 saturated carbocycles. The number of aromatic nitrogens is 2. The first-order chi connectivity index (χ1) is 9.28. The number of rotatable bonds is 5. The predicted octanol–water partition coefficient (Wildman–Crippen LogP) is 2.21. The average molecular weight is 259 g/mol. The van der Waals surface area contributed by atoms with Crippen LogP contribution in [0, 0.1) is 11.3 Å². The van der Waals surface area contributed by atoms with Crippen LogP contribution in [0.4, 0.5) is 0 Å². The largest absolute Gasteiger partial charge is 0.493 e. The normalized spacial score (nSPS) is 9.95. The Labute approximate surface area is 110 Å². The van der Waals surface area contributed by atoms with Crippen molar-refractivity contribution in [3.8, 4) is 29.0 Å². The summed E-state index contributed by atoms with van der Waals surface area (Å²) < 4.78 is 15.6. The standard InChI is InChI=1S/C13H13N3O3/c1-3-18-10-5-4-9(8-11(10)17-2)13-15-12(6-7-14)19-16-13/h4-5,8H,3,6H2,1-2H3. The number of methoxy groups -OCH3 is 1. The van der Waals surface area contributed by atoms with Gasteiger partial charge in [0.2, 0.25) is 11.7 Å². The summed E-state index contributed by atoms with van der Waals surface area (Å²) in [5.74, 6) is 1.98. The predicted molar refractivity (Wildman–Crippen MR) is 66.8 cm³/mol. The van der Waals surface area contributed by atoms with Crippen molar-refractivity contribution in [2.24, 2.45) is 0 Å². The number of nitrogens with zero attached hydrogens (tertiary/aromatic N) is 3. The highest BCUT2D eigenvalue weighted by Gasteiger charge is 2.12. The molecule has 6 nitrogen and oxygen atoms in total. The lowest BCUT2D eigenvalue weighted by atomic mass is 10.2. The minimum absolute atomic E-state index is 0.0984. The summed E-state index contributed by atoms with van der Waals surface area (Å²) >= 11 is 0. The first kappa shape index (κ1) is 12.9. The van der Waals surface area contributed by atoms with E-state index in [1.165, 1.54) is 0 Å². The van der Waals surface area contributed by atoms with Crippen LogP contribution in [-0.2, 0) is 6.42 Å². The second kappa shape index (κ2) is 5.87. The first-order valence-corrected chi connectivity index (χ1v) is 5.79. The lowest BCUT2D eigenvalue weighted by Crippen LogP contribution is -1.95. The maximum absolute atomic E-state index is 8.56. The van der Waals surface area contributed by atoms with Crippen molar-refractivity contribution in [3.63, 3.8) is 0 Å². The Morgan fingerprint density at radius 3 is 2.89 bits per heavy atom. The minimum atomic E-state index is 0.0984. The van der Waals surface area contributed by atoms with E-state index in [1.807, 2.05) is 19.1 Å². The third kappa shape index (κ3) is 2.83. The molecule has 1 heterocycles. The number of benzene rings is 1. The Morgan fingerprint density at radius 2 is 2.21 bits per heavy atom. The van der Waals surface area contributed by atoms with Gasteiger partial charge in [0.15, 0.2) is 11.5 Å². The van der Waals surface area contributed by atoms with Gasteiger partial charge < -0.3 is 14.0 Å². The van der Waals surface area contributed by atoms with Crippen LogP contribution in [0.5, 0.6) is 11.5 Å². The van der Waals surface area contributed by atoms with Crippen molar-refractivity contribution >= 4 is 0 Å². The highest BCUT2D eigenvalue weighted by molar-refractivity contribution is 5.60. The van der Waals surface area contributed by atoms with Crippen LogP contribution >= 0.6 is 0 Å². The molecule has 2 rings (SSSR count). The van der Waals surface area contributed by atoms with E-state index < -0.39 is 0 Å². The summed E-state index contributed by atoms with van der Waals surface area (Å²) in [6.07, 6.45) is 0.0984. The second-order valence-electron chi connectivity index (χ2n) is 3.65. The van der Waals surface area contributed by atoms with Crippen LogP contribution in [0.3, 0.4) is 0 Å². The highest BCUT2D eigenvalue weighted by Crippen LogP contribution is 2.31. The summed E-state index contributed by atoms with van der Waals surface area (Å²) in [6, 6.07) is 7.33. The molecule has 0 unspecified atom stereocenters. The van der Waals surface area contributed by atoms with E-state index in [4.69, 9.17) is 19.3 Å². The molecule has 0 radical (unpaired) electrons. The zero-order chi connectivity index (χ0) is 13.7. The molecule has 0 fully saturated rings. The van der Waals surface area contributed by atoms with E-state index in [0.717, 1.165) is 5.56 Å². The number of hydrogen-bond acceptors (Lipinski definition) is 6. The number of ether oxygens (including phenoxy) is 2. The molecule has 0 bridgehead atoms. The molecule has 2 aromatic rings. The molecule has 0 aliphatic carbocycles. The summed E-state index contributed by atoms with van der Waals surface area (Å²) in [4.78, 5) is 4.12. The third-order valence-electron chi connectivity index (χ3n) is 2.42. The van der Waals surface area contributed by atoms with Gasteiger partial charge in [0.1, 0.15) is 6.42 Å². The Balaban J connectivity index is 2.31. The molecule has 0 spiro atoms. The molecule has 0 atom stereocenters. The number of nitriles is 1. The molecule has 0 amide bonds. The van der Waals surface area contributed by atoms with E-state index in [0.29, 0.717) is 29.8 Å². The summed E-state index contributed by atoms with van der Waals surface area (Å²) in [6.45, 7) is 2.46. The number of hydrogen-bond donors (Lipinski definition) is 0. The molecule has 98 valence electrons. The smallest absolute Gasteiger partial charge is 0.241 e. The van der Waals surface area contributed by atoms with Gasteiger partial charge in [0.25, 0.3) is 0 Å². The van der Waals surface area contributed by atoms with Crippen molar-refractivity contribution in [3.05, 3.63) is 24.1 Å². The van der Waals surface area contributed by atoms with Crippen LogP contribution in [0.15, 0.2) is 22.7 Å². The van der Waals surface area contributed by atoms with Gasteiger partial charge in [0, 0.05) is 5.56 Å². The van der Waals surface area contributed by atoms with Crippen molar-refractivity contribution in [2.75, 3.05) is 13.7 Å². The molecular formula is C13H13N3O3. The summed E-state index contributed by atoms with van der Waals surface area (Å²) in [5, 5.41) is 12.4. The monoisotopic (exact) mass is 259 g/mol. The van der Waals surface area contributed by atoms with Gasteiger partial charge in [0.05, 0.1) is 19.8 Å². The SMILES string of the molecule is CCOc1ccc(-c2noc(CC#N)n2)cc1OC.